The van der Waals surface area contributed by atoms with Crippen LogP contribution in [0, 0.1) is 6.92 Å². The van der Waals surface area contributed by atoms with E-state index >= 15 is 0 Å². The van der Waals surface area contributed by atoms with Crippen LogP contribution >= 0.6 is 0 Å². The first-order chi connectivity index (χ1) is 12.3. The first-order valence-corrected chi connectivity index (χ1v) is 7.91. The Labute approximate surface area is 147 Å². The summed E-state index contributed by atoms with van der Waals surface area (Å²) in [5.41, 5.74) is 1.48. The fourth-order valence-electron chi connectivity index (χ4n) is 2.56. The molecule has 3 aromatic rings. The molecule has 0 aliphatic heterocycles. The van der Waals surface area contributed by atoms with Crippen LogP contribution in [-0.2, 0) is 12.6 Å². The number of halogens is 3. The van der Waals surface area contributed by atoms with Crippen LogP contribution in [-0.4, -0.2) is 9.97 Å². The summed E-state index contributed by atoms with van der Waals surface area (Å²) in [5.74, 6) is 0.184. The van der Waals surface area contributed by atoms with Crippen molar-refractivity contribution < 1.29 is 13.2 Å². The van der Waals surface area contributed by atoms with Crippen LogP contribution in [0.15, 0.2) is 59.4 Å². The summed E-state index contributed by atoms with van der Waals surface area (Å²) in [4.78, 5) is 19.3. The average Bonchev–Trinajstić information content (AvgIpc) is 2.59. The van der Waals surface area contributed by atoms with E-state index in [9.17, 15) is 18.0 Å². The number of H-pyrrole nitrogens is 1. The van der Waals surface area contributed by atoms with Crippen LogP contribution < -0.4 is 10.9 Å². The lowest BCUT2D eigenvalue weighted by atomic mass is 10.1. The maximum absolute atomic E-state index is 12.6. The number of aromatic nitrogens is 2. The van der Waals surface area contributed by atoms with Gasteiger partial charge in [-0.2, -0.15) is 13.2 Å². The molecule has 0 unspecified atom stereocenters. The highest BCUT2D eigenvalue weighted by Gasteiger charge is 2.29. The van der Waals surface area contributed by atoms with E-state index in [0.29, 0.717) is 23.4 Å². The molecule has 1 aromatic heterocycles. The van der Waals surface area contributed by atoms with Gasteiger partial charge in [-0.1, -0.05) is 30.3 Å². The lowest BCUT2D eigenvalue weighted by Gasteiger charge is -2.11. The van der Waals surface area contributed by atoms with Gasteiger partial charge in [-0.05, 0) is 36.8 Å². The summed E-state index contributed by atoms with van der Waals surface area (Å²) >= 11 is 0. The van der Waals surface area contributed by atoms with Crippen molar-refractivity contribution in [2.45, 2.75) is 19.5 Å². The third-order valence-corrected chi connectivity index (χ3v) is 3.92. The fraction of sp³-hybridized carbons (Fsp3) is 0.158. The van der Waals surface area contributed by atoms with Crippen LogP contribution in [0.5, 0.6) is 0 Å². The number of alkyl halides is 3. The number of hydrogen-bond acceptors (Lipinski definition) is 3. The molecular formula is C19H16F3N3O. The molecule has 2 aromatic carbocycles. The van der Waals surface area contributed by atoms with Crippen molar-refractivity contribution in [3.8, 4) is 0 Å². The van der Waals surface area contributed by atoms with Gasteiger partial charge in [-0.3, -0.25) is 9.78 Å². The summed E-state index contributed by atoms with van der Waals surface area (Å²) in [6.07, 6.45) is -3.93. The highest BCUT2D eigenvalue weighted by molar-refractivity contribution is 5.54. The normalized spacial score (nSPS) is 11.4. The summed E-state index contributed by atoms with van der Waals surface area (Å²) in [6.45, 7) is 1.73. The lowest BCUT2D eigenvalue weighted by molar-refractivity contribution is -0.137. The van der Waals surface area contributed by atoms with Crippen LogP contribution in [0.25, 0.3) is 0 Å². The predicted molar refractivity (Wildman–Crippen MR) is 93.6 cm³/mol. The van der Waals surface area contributed by atoms with Crippen LogP contribution in [0.3, 0.4) is 0 Å². The molecule has 0 aliphatic carbocycles. The van der Waals surface area contributed by atoms with Gasteiger partial charge in [0.05, 0.1) is 11.3 Å². The van der Waals surface area contributed by atoms with Gasteiger partial charge in [0, 0.05) is 17.7 Å². The number of benzene rings is 2. The average molecular weight is 359 g/mol. The van der Waals surface area contributed by atoms with E-state index in [1.807, 2.05) is 30.3 Å². The SMILES string of the molecule is Cc1nc(Nc2ccc(C(F)(F)F)cc2)[nH]c(=O)c1Cc1ccccc1. The zero-order valence-corrected chi connectivity index (χ0v) is 13.9. The van der Waals surface area contributed by atoms with Gasteiger partial charge < -0.3 is 5.32 Å². The van der Waals surface area contributed by atoms with Gasteiger partial charge in [0.1, 0.15) is 0 Å². The third kappa shape index (κ3) is 4.11. The Morgan fingerprint density at radius 2 is 1.69 bits per heavy atom. The second kappa shape index (κ2) is 7.03. The van der Waals surface area contributed by atoms with E-state index < -0.39 is 11.7 Å². The maximum atomic E-state index is 12.6. The Balaban J connectivity index is 1.81. The second-order valence-electron chi connectivity index (χ2n) is 5.84. The van der Waals surface area contributed by atoms with Crippen LogP contribution in [0.2, 0.25) is 0 Å². The maximum Gasteiger partial charge on any atom is 0.416 e. The molecule has 0 aliphatic rings. The molecule has 0 saturated heterocycles. The van der Waals surface area contributed by atoms with Gasteiger partial charge in [-0.15, -0.1) is 0 Å². The highest BCUT2D eigenvalue weighted by Crippen LogP contribution is 2.30. The number of nitrogens with one attached hydrogen (secondary N) is 2. The van der Waals surface area contributed by atoms with Gasteiger partial charge in [-0.25, -0.2) is 4.98 Å². The van der Waals surface area contributed by atoms with Crippen molar-refractivity contribution in [3.05, 3.63) is 87.3 Å². The molecule has 0 atom stereocenters. The smallest absolute Gasteiger partial charge is 0.326 e. The molecule has 0 fully saturated rings. The molecule has 134 valence electrons. The summed E-state index contributed by atoms with van der Waals surface area (Å²) in [7, 11) is 0. The van der Waals surface area contributed by atoms with Crippen molar-refractivity contribution in [2.24, 2.45) is 0 Å². The van der Waals surface area contributed by atoms with E-state index in [4.69, 9.17) is 0 Å². The third-order valence-electron chi connectivity index (χ3n) is 3.92. The Morgan fingerprint density at radius 1 is 1.04 bits per heavy atom. The van der Waals surface area contributed by atoms with Crippen molar-refractivity contribution in [1.29, 1.82) is 0 Å². The number of anilines is 2. The second-order valence-corrected chi connectivity index (χ2v) is 5.84. The van der Waals surface area contributed by atoms with Crippen molar-refractivity contribution in [2.75, 3.05) is 5.32 Å². The van der Waals surface area contributed by atoms with Gasteiger partial charge in [0.15, 0.2) is 0 Å². The summed E-state index contributed by atoms with van der Waals surface area (Å²) in [5, 5.41) is 2.82. The Hall–Kier alpha value is -3.09. The quantitative estimate of drug-likeness (QED) is 0.724. The van der Waals surface area contributed by atoms with Crippen molar-refractivity contribution >= 4 is 11.6 Å². The first-order valence-electron chi connectivity index (χ1n) is 7.91. The largest absolute Gasteiger partial charge is 0.416 e. The zero-order chi connectivity index (χ0) is 18.7. The molecule has 1 heterocycles. The van der Waals surface area contributed by atoms with Crippen molar-refractivity contribution in [1.82, 2.24) is 9.97 Å². The fourth-order valence-corrected chi connectivity index (χ4v) is 2.56. The molecule has 2 N–H and O–H groups in total. The molecule has 4 nitrogen and oxygen atoms in total. The molecule has 0 saturated carbocycles. The monoisotopic (exact) mass is 359 g/mol. The van der Waals surface area contributed by atoms with Gasteiger partial charge in [0.2, 0.25) is 5.95 Å². The summed E-state index contributed by atoms with van der Waals surface area (Å²) in [6, 6.07) is 14.1. The van der Waals surface area contributed by atoms with E-state index in [0.717, 1.165) is 17.7 Å². The van der Waals surface area contributed by atoms with E-state index in [1.54, 1.807) is 6.92 Å². The highest BCUT2D eigenvalue weighted by atomic mass is 19.4. The van der Waals surface area contributed by atoms with E-state index in [-0.39, 0.29) is 11.5 Å². The molecule has 0 spiro atoms. The zero-order valence-electron chi connectivity index (χ0n) is 13.9. The Kier molecular flexibility index (Phi) is 4.79. The molecule has 26 heavy (non-hydrogen) atoms. The van der Waals surface area contributed by atoms with Crippen LogP contribution in [0.4, 0.5) is 24.8 Å². The number of rotatable bonds is 4. The standard InChI is InChI=1S/C19H16F3N3O/c1-12-16(11-13-5-3-2-4-6-13)17(26)25-18(23-12)24-15-9-7-14(8-10-15)19(20,21)22/h2-10H,11H2,1H3,(H2,23,24,25,26). The summed E-state index contributed by atoms with van der Waals surface area (Å²) < 4.78 is 37.8. The number of aromatic amines is 1. The predicted octanol–water partition coefficient (Wildman–Crippen LogP) is 4.43. The minimum Gasteiger partial charge on any atom is -0.326 e. The molecule has 0 amide bonds. The number of nitrogens with zero attached hydrogens (tertiary/aromatic N) is 1. The van der Waals surface area contributed by atoms with E-state index in [2.05, 4.69) is 15.3 Å². The molecular weight excluding hydrogens is 343 g/mol. The number of hydrogen-bond donors (Lipinski definition) is 2. The van der Waals surface area contributed by atoms with Gasteiger partial charge >= 0.3 is 6.18 Å². The lowest BCUT2D eigenvalue weighted by Crippen LogP contribution is -2.18. The topological polar surface area (TPSA) is 57.8 Å². The molecule has 0 bridgehead atoms. The van der Waals surface area contributed by atoms with E-state index in [1.165, 1.54) is 12.1 Å². The Morgan fingerprint density at radius 3 is 2.27 bits per heavy atom. The Bertz CT molecular complexity index is 949. The molecule has 0 radical (unpaired) electrons. The number of aryl methyl sites for hydroxylation is 1. The van der Waals surface area contributed by atoms with Crippen LogP contribution in [0.1, 0.15) is 22.4 Å². The first kappa shape index (κ1) is 17.7. The van der Waals surface area contributed by atoms with Crippen molar-refractivity contribution in [3.63, 3.8) is 0 Å². The molecule has 7 heteroatoms. The minimum absolute atomic E-state index is 0.184. The minimum atomic E-state index is -4.39. The van der Waals surface area contributed by atoms with Gasteiger partial charge in [0.25, 0.3) is 5.56 Å². The molecule has 3 rings (SSSR count).